The molecule has 0 aliphatic carbocycles. The van der Waals surface area contributed by atoms with Crippen LogP contribution >= 0.6 is 15.9 Å². The topological polar surface area (TPSA) is 76.3 Å². The molecule has 0 spiro atoms. The first kappa shape index (κ1) is 20.2. The van der Waals surface area contributed by atoms with Gasteiger partial charge in [0.1, 0.15) is 5.82 Å². The normalized spacial score (nSPS) is 15.5. The van der Waals surface area contributed by atoms with Crippen molar-refractivity contribution in [3.63, 3.8) is 0 Å². The first-order chi connectivity index (χ1) is 13.9. The zero-order valence-electron chi connectivity index (χ0n) is 15.5. The summed E-state index contributed by atoms with van der Waals surface area (Å²) in [6.07, 6.45) is 3.26. The Bertz CT molecular complexity index is 1110. The Balaban J connectivity index is 1.48. The predicted molar refractivity (Wildman–Crippen MR) is 109 cm³/mol. The Morgan fingerprint density at radius 1 is 1.07 bits per heavy atom. The lowest BCUT2D eigenvalue weighted by Crippen LogP contribution is -2.35. The number of sulfonamides is 1. The van der Waals surface area contributed by atoms with Crippen molar-refractivity contribution in [1.82, 2.24) is 14.4 Å². The molecule has 3 aromatic rings. The van der Waals surface area contributed by atoms with Gasteiger partial charge in [0.05, 0.1) is 15.8 Å². The third kappa shape index (κ3) is 4.41. The van der Waals surface area contributed by atoms with Crippen LogP contribution in [0.3, 0.4) is 0 Å². The predicted octanol–water partition coefficient (Wildman–Crippen LogP) is 4.40. The molecule has 0 radical (unpaired) electrons. The number of nitrogens with zero attached hydrogens (tertiary/aromatic N) is 3. The molecule has 2 heterocycles. The van der Waals surface area contributed by atoms with E-state index in [1.54, 1.807) is 40.7 Å². The van der Waals surface area contributed by atoms with Crippen LogP contribution in [0.2, 0.25) is 0 Å². The van der Waals surface area contributed by atoms with Gasteiger partial charge in [-0.15, -0.1) is 0 Å². The van der Waals surface area contributed by atoms with E-state index < -0.39 is 10.0 Å². The second-order valence-corrected chi connectivity index (χ2v) is 9.72. The molecule has 0 amide bonds. The molecule has 1 aliphatic heterocycles. The van der Waals surface area contributed by atoms with Crippen LogP contribution in [0.4, 0.5) is 4.39 Å². The van der Waals surface area contributed by atoms with Crippen molar-refractivity contribution in [1.29, 1.82) is 0 Å². The molecule has 1 fully saturated rings. The number of hydrogen-bond acceptors (Lipinski definition) is 5. The van der Waals surface area contributed by atoms with Gasteiger partial charge in [-0.2, -0.15) is 9.29 Å². The van der Waals surface area contributed by atoms with Gasteiger partial charge < -0.3 is 4.52 Å². The SMILES string of the molecule is O=S(=O)(c1ccc(Cc2nc(-c3ccc(F)c(Br)c3)no2)cc1)N1CCCCC1. The van der Waals surface area contributed by atoms with Crippen molar-refractivity contribution < 1.29 is 17.3 Å². The lowest BCUT2D eigenvalue weighted by Gasteiger charge is -2.25. The van der Waals surface area contributed by atoms with Gasteiger partial charge in [0.2, 0.25) is 21.7 Å². The van der Waals surface area contributed by atoms with Gasteiger partial charge in [0.15, 0.2) is 0 Å². The molecule has 0 N–H and O–H groups in total. The lowest BCUT2D eigenvalue weighted by molar-refractivity contribution is 0.346. The molecule has 6 nitrogen and oxygen atoms in total. The third-order valence-electron chi connectivity index (χ3n) is 4.88. The van der Waals surface area contributed by atoms with Gasteiger partial charge >= 0.3 is 0 Å². The summed E-state index contributed by atoms with van der Waals surface area (Å²) < 4.78 is 46.0. The second-order valence-electron chi connectivity index (χ2n) is 6.93. The van der Waals surface area contributed by atoms with Crippen molar-refractivity contribution in [3.05, 3.63) is 64.2 Å². The molecule has 29 heavy (non-hydrogen) atoms. The molecular formula is C20H19BrFN3O3S. The van der Waals surface area contributed by atoms with E-state index in [1.165, 1.54) is 6.07 Å². The van der Waals surface area contributed by atoms with E-state index in [9.17, 15) is 12.8 Å². The molecule has 152 valence electrons. The maximum absolute atomic E-state index is 13.4. The third-order valence-corrected chi connectivity index (χ3v) is 7.40. The van der Waals surface area contributed by atoms with Crippen LogP contribution in [0.25, 0.3) is 11.4 Å². The first-order valence-corrected chi connectivity index (χ1v) is 11.5. The van der Waals surface area contributed by atoms with Gasteiger partial charge in [0.25, 0.3) is 0 Å². The number of piperidine rings is 1. The number of benzene rings is 2. The maximum Gasteiger partial charge on any atom is 0.243 e. The van der Waals surface area contributed by atoms with Crippen molar-refractivity contribution in [3.8, 4) is 11.4 Å². The fourth-order valence-electron chi connectivity index (χ4n) is 3.29. The first-order valence-electron chi connectivity index (χ1n) is 9.30. The van der Waals surface area contributed by atoms with Crippen molar-refractivity contribution >= 4 is 26.0 Å². The second kappa shape index (κ2) is 8.33. The minimum Gasteiger partial charge on any atom is -0.339 e. The van der Waals surface area contributed by atoms with E-state index in [-0.39, 0.29) is 5.82 Å². The highest BCUT2D eigenvalue weighted by Crippen LogP contribution is 2.24. The summed E-state index contributed by atoms with van der Waals surface area (Å²) in [6, 6.07) is 11.3. The van der Waals surface area contributed by atoms with Crippen LogP contribution in [-0.4, -0.2) is 36.0 Å². The quantitative estimate of drug-likeness (QED) is 0.541. The maximum atomic E-state index is 13.4. The van der Waals surface area contributed by atoms with Crippen molar-refractivity contribution in [2.24, 2.45) is 0 Å². The van der Waals surface area contributed by atoms with Crippen LogP contribution in [0.1, 0.15) is 30.7 Å². The van der Waals surface area contributed by atoms with Crippen LogP contribution in [0.15, 0.2) is 56.4 Å². The number of rotatable bonds is 5. The van der Waals surface area contributed by atoms with E-state index in [1.807, 2.05) is 0 Å². The highest BCUT2D eigenvalue weighted by atomic mass is 79.9. The van der Waals surface area contributed by atoms with Crippen molar-refractivity contribution in [2.75, 3.05) is 13.1 Å². The van der Waals surface area contributed by atoms with Gasteiger partial charge in [-0.05, 0) is 64.7 Å². The molecule has 0 bridgehead atoms. The van der Waals surface area contributed by atoms with E-state index in [4.69, 9.17) is 4.52 Å². The molecule has 4 rings (SSSR count). The summed E-state index contributed by atoms with van der Waals surface area (Å²) in [7, 11) is -3.44. The zero-order valence-corrected chi connectivity index (χ0v) is 17.9. The van der Waals surface area contributed by atoms with Gasteiger partial charge in [-0.25, -0.2) is 12.8 Å². The summed E-state index contributed by atoms with van der Waals surface area (Å²) in [6.45, 7) is 1.16. The number of hydrogen-bond donors (Lipinski definition) is 0. The average Bonchev–Trinajstić information content (AvgIpc) is 3.19. The molecule has 0 unspecified atom stereocenters. The summed E-state index contributed by atoms with van der Waals surface area (Å²) in [5.41, 5.74) is 1.49. The molecule has 1 aromatic heterocycles. The van der Waals surface area contributed by atoms with Crippen LogP contribution in [0, 0.1) is 5.82 Å². The van der Waals surface area contributed by atoms with Gasteiger partial charge in [-0.3, -0.25) is 0 Å². The van der Waals surface area contributed by atoms with Crippen LogP contribution in [0.5, 0.6) is 0 Å². The molecular weight excluding hydrogens is 461 g/mol. The summed E-state index contributed by atoms with van der Waals surface area (Å²) >= 11 is 3.14. The number of halogens is 2. The van der Waals surface area contributed by atoms with Crippen molar-refractivity contribution in [2.45, 2.75) is 30.6 Å². The molecule has 0 atom stereocenters. The largest absolute Gasteiger partial charge is 0.339 e. The van der Waals surface area contributed by atoms with E-state index in [0.717, 1.165) is 24.8 Å². The smallest absolute Gasteiger partial charge is 0.243 e. The minimum atomic E-state index is -3.44. The molecule has 1 aliphatic rings. The Kier molecular flexibility index (Phi) is 5.80. The standard InChI is InChI=1S/C20H19BrFN3O3S/c21-17-13-15(6-9-18(17)22)20-23-19(28-24-20)12-14-4-7-16(8-5-14)29(26,27)25-10-2-1-3-11-25/h4-9,13H,1-3,10-12H2. The Hall–Kier alpha value is -2.10. The minimum absolute atomic E-state index is 0.297. The van der Waals surface area contributed by atoms with Crippen LogP contribution in [-0.2, 0) is 16.4 Å². The molecule has 0 saturated carbocycles. The lowest BCUT2D eigenvalue weighted by atomic mass is 10.1. The van der Waals surface area contributed by atoms with Gasteiger partial charge in [0, 0.05) is 18.7 Å². The fraction of sp³-hybridized carbons (Fsp3) is 0.300. The van der Waals surface area contributed by atoms with Crippen LogP contribution < -0.4 is 0 Å². The summed E-state index contributed by atoms with van der Waals surface area (Å²) in [4.78, 5) is 4.64. The highest BCUT2D eigenvalue weighted by Gasteiger charge is 2.25. The fourth-order valence-corrected chi connectivity index (χ4v) is 5.18. The molecule has 1 saturated heterocycles. The number of aromatic nitrogens is 2. The van der Waals surface area contributed by atoms with E-state index >= 15 is 0 Å². The van der Waals surface area contributed by atoms with E-state index in [2.05, 4.69) is 26.1 Å². The summed E-state index contributed by atoms with van der Waals surface area (Å²) in [5, 5.41) is 3.94. The molecule has 9 heteroatoms. The molecule has 2 aromatic carbocycles. The Labute approximate surface area is 176 Å². The average molecular weight is 480 g/mol. The monoisotopic (exact) mass is 479 g/mol. The van der Waals surface area contributed by atoms with Gasteiger partial charge in [-0.1, -0.05) is 23.7 Å². The Morgan fingerprint density at radius 3 is 2.48 bits per heavy atom. The van der Waals surface area contributed by atoms with E-state index in [0.29, 0.717) is 46.2 Å². The summed E-state index contributed by atoms with van der Waals surface area (Å²) in [5.74, 6) is 0.397. The highest BCUT2D eigenvalue weighted by molar-refractivity contribution is 9.10. The Morgan fingerprint density at radius 2 is 1.79 bits per heavy atom. The zero-order chi connectivity index (χ0) is 20.4.